The van der Waals surface area contributed by atoms with E-state index in [0.717, 1.165) is 11.6 Å². The van der Waals surface area contributed by atoms with Crippen molar-refractivity contribution in [2.75, 3.05) is 14.2 Å². The van der Waals surface area contributed by atoms with Crippen LogP contribution in [0.3, 0.4) is 0 Å². The van der Waals surface area contributed by atoms with Crippen molar-refractivity contribution in [2.24, 2.45) is 0 Å². The Bertz CT molecular complexity index is 694. The van der Waals surface area contributed by atoms with E-state index in [0.29, 0.717) is 22.6 Å². The van der Waals surface area contributed by atoms with Crippen LogP contribution in [0.2, 0.25) is 0 Å². The van der Waals surface area contributed by atoms with E-state index < -0.39 is 5.92 Å². The van der Waals surface area contributed by atoms with E-state index in [1.54, 1.807) is 30.3 Å². The molecule has 0 aliphatic heterocycles. The number of allylic oxidation sites excluding steroid dienone is 1. The Labute approximate surface area is 135 Å². The summed E-state index contributed by atoms with van der Waals surface area (Å²) >= 11 is 0. The van der Waals surface area contributed by atoms with Crippen LogP contribution in [-0.2, 0) is 6.42 Å². The molecule has 0 spiro atoms. The van der Waals surface area contributed by atoms with E-state index >= 15 is 0 Å². The van der Waals surface area contributed by atoms with Crippen LogP contribution >= 0.6 is 0 Å². The minimum absolute atomic E-state index is 0.316. The van der Waals surface area contributed by atoms with Gasteiger partial charge in [0.2, 0.25) is 0 Å². The van der Waals surface area contributed by atoms with Gasteiger partial charge in [-0.15, -0.1) is 0 Å². The zero-order chi connectivity index (χ0) is 16.9. The third-order valence-electron chi connectivity index (χ3n) is 3.61. The fraction of sp³-hybridized carbons (Fsp3) is 0.263. The van der Waals surface area contributed by atoms with Crippen LogP contribution in [0.1, 0.15) is 16.7 Å². The van der Waals surface area contributed by atoms with Gasteiger partial charge in [0.1, 0.15) is 0 Å². The predicted octanol–water partition coefficient (Wildman–Crippen LogP) is 4.90. The van der Waals surface area contributed by atoms with E-state index in [1.807, 2.05) is 19.1 Å². The summed E-state index contributed by atoms with van der Waals surface area (Å²) in [6.45, 7) is 1.84. The van der Waals surface area contributed by atoms with E-state index in [4.69, 9.17) is 9.47 Å². The number of ether oxygens (including phenoxy) is 2. The summed E-state index contributed by atoms with van der Waals surface area (Å²) in [7, 11) is 3.04. The summed E-state index contributed by atoms with van der Waals surface area (Å²) in [4.78, 5) is 0. The van der Waals surface area contributed by atoms with Gasteiger partial charge in [0.05, 0.1) is 14.2 Å². The Morgan fingerprint density at radius 2 is 1.70 bits per heavy atom. The summed E-state index contributed by atoms with van der Waals surface area (Å²) in [5.41, 5.74) is 2.15. The van der Waals surface area contributed by atoms with Gasteiger partial charge in [0.25, 0.3) is 5.92 Å². The molecule has 0 bridgehead atoms. The lowest BCUT2D eigenvalue weighted by atomic mass is 10.0. The highest BCUT2D eigenvalue weighted by molar-refractivity contribution is 5.56. The van der Waals surface area contributed by atoms with Crippen LogP contribution in [0.5, 0.6) is 11.5 Å². The van der Waals surface area contributed by atoms with Gasteiger partial charge >= 0.3 is 0 Å². The minimum atomic E-state index is -2.92. The Morgan fingerprint density at radius 3 is 2.35 bits per heavy atom. The highest BCUT2D eigenvalue weighted by Gasteiger charge is 2.26. The molecule has 2 aromatic carbocycles. The Hall–Kier alpha value is -2.36. The summed E-state index contributed by atoms with van der Waals surface area (Å²) in [5.74, 6) is -1.84. The molecule has 0 saturated carbocycles. The van der Waals surface area contributed by atoms with Crippen LogP contribution in [0, 0.1) is 6.92 Å². The van der Waals surface area contributed by atoms with Crippen LogP contribution in [0.15, 0.2) is 48.5 Å². The van der Waals surface area contributed by atoms with Crippen molar-refractivity contribution < 1.29 is 18.3 Å². The van der Waals surface area contributed by atoms with Crippen molar-refractivity contribution in [1.82, 2.24) is 0 Å². The van der Waals surface area contributed by atoms with Crippen LogP contribution in [0.25, 0.3) is 6.08 Å². The SMILES string of the molecule is COc1ccc(C=CC(F)(F)Cc2ccccc2C)cc1OC. The molecule has 0 atom stereocenters. The number of benzene rings is 2. The van der Waals surface area contributed by atoms with Gasteiger partial charge in [0.15, 0.2) is 11.5 Å². The predicted molar refractivity (Wildman–Crippen MR) is 88.4 cm³/mol. The fourth-order valence-electron chi connectivity index (χ4n) is 2.30. The molecular formula is C19H20F2O2. The van der Waals surface area contributed by atoms with Crippen molar-refractivity contribution in [1.29, 1.82) is 0 Å². The van der Waals surface area contributed by atoms with Crippen molar-refractivity contribution in [2.45, 2.75) is 19.3 Å². The number of halogens is 2. The standard InChI is InChI=1S/C19H20F2O2/c1-14-6-4-5-7-16(14)13-19(20,21)11-10-15-8-9-17(22-2)18(12-15)23-3/h4-12H,13H2,1-3H3. The largest absolute Gasteiger partial charge is 0.493 e. The highest BCUT2D eigenvalue weighted by Crippen LogP contribution is 2.29. The molecule has 122 valence electrons. The zero-order valence-corrected chi connectivity index (χ0v) is 13.5. The number of hydrogen-bond acceptors (Lipinski definition) is 2. The lowest BCUT2D eigenvalue weighted by Crippen LogP contribution is -2.16. The third kappa shape index (κ3) is 4.55. The normalized spacial score (nSPS) is 11.7. The molecule has 2 rings (SSSR count). The molecule has 2 nitrogen and oxygen atoms in total. The molecule has 23 heavy (non-hydrogen) atoms. The summed E-state index contributed by atoms with van der Waals surface area (Å²) < 4.78 is 38.6. The Balaban J connectivity index is 2.16. The lowest BCUT2D eigenvalue weighted by molar-refractivity contribution is 0.0565. The minimum Gasteiger partial charge on any atom is -0.493 e. The van der Waals surface area contributed by atoms with Crippen LogP contribution < -0.4 is 9.47 Å². The third-order valence-corrected chi connectivity index (χ3v) is 3.61. The Morgan fingerprint density at radius 1 is 1.00 bits per heavy atom. The summed E-state index contributed by atoms with van der Waals surface area (Å²) in [6, 6.07) is 12.3. The molecule has 0 aliphatic rings. The van der Waals surface area contributed by atoms with Crippen molar-refractivity contribution in [3.8, 4) is 11.5 Å². The maximum Gasteiger partial charge on any atom is 0.270 e. The number of aryl methyl sites for hydroxylation is 1. The first-order chi connectivity index (χ1) is 10.9. The monoisotopic (exact) mass is 318 g/mol. The maximum atomic E-state index is 14.2. The second-order valence-corrected chi connectivity index (χ2v) is 5.31. The van der Waals surface area contributed by atoms with Crippen molar-refractivity contribution in [3.05, 3.63) is 65.2 Å². The second-order valence-electron chi connectivity index (χ2n) is 5.31. The Kier molecular flexibility index (Phi) is 5.37. The molecule has 0 saturated heterocycles. The van der Waals surface area contributed by atoms with Gasteiger partial charge in [-0.25, -0.2) is 8.78 Å². The van der Waals surface area contributed by atoms with Gasteiger partial charge in [-0.2, -0.15) is 0 Å². The van der Waals surface area contributed by atoms with E-state index in [2.05, 4.69) is 0 Å². The average molecular weight is 318 g/mol. The second kappa shape index (κ2) is 7.27. The molecule has 0 amide bonds. The molecular weight excluding hydrogens is 298 g/mol. The summed E-state index contributed by atoms with van der Waals surface area (Å²) in [6.07, 6.45) is 2.02. The number of alkyl halides is 2. The molecule has 0 heterocycles. The quantitative estimate of drug-likeness (QED) is 0.754. The van der Waals surface area contributed by atoms with Gasteiger partial charge < -0.3 is 9.47 Å². The smallest absolute Gasteiger partial charge is 0.270 e. The first-order valence-corrected chi connectivity index (χ1v) is 7.29. The van der Waals surface area contributed by atoms with E-state index in [1.165, 1.54) is 20.3 Å². The molecule has 2 aromatic rings. The molecule has 0 radical (unpaired) electrons. The van der Waals surface area contributed by atoms with Crippen LogP contribution in [-0.4, -0.2) is 20.1 Å². The number of methoxy groups -OCH3 is 2. The number of rotatable bonds is 6. The molecule has 0 unspecified atom stereocenters. The first kappa shape index (κ1) is 17.0. The van der Waals surface area contributed by atoms with Crippen molar-refractivity contribution in [3.63, 3.8) is 0 Å². The topological polar surface area (TPSA) is 18.5 Å². The average Bonchev–Trinajstić information content (AvgIpc) is 2.54. The van der Waals surface area contributed by atoms with Gasteiger partial charge in [-0.05, 0) is 41.8 Å². The van der Waals surface area contributed by atoms with Gasteiger partial charge in [0, 0.05) is 6.42 Å². The van der Waals surface area contributed by atoms with E-state index in [9.17, 15) is 8.78 Å². The van der Waals surface area contributed by atoms with Gasteiger partial charge in [-0.3, -0.25) is 0 Å². The zero-order valence-electron chi connectivity index (χ0n) is 13.5. The first-order valence-electron chi connectivity index (χ1n) is 7.29. The molecule has 0 aliphatic carbocycles. The van der Waals surface area contributed by atoms with Gasteiger partial charge in [-0.1, -0.05) is 36.4 Å². The fourth-order valence-corrected chi connectivity index (χ4v) is 2.30. The molecule has 4 heteroatoms. The summed E-state index contributed by atoms with van der Waals surface area (Å²) in [5, 5.41) is 0. The number of hydrogen-bond donors (Lipinski definition) is 0. The maximum absolute atomic E-state index is 14.2. The van der Waals surface area contributed by atoms with E-state index in [-0.39, 0.29) is 6.42 Å². The lowest BCUT2D eigenvalue weighted by Gasteiger charge is -2.14. The highest BCUT2D eigenvalue weighted by atomic mass is 19.3. The van der Waals surface area contributed by atoms with Crippen LogP contribution in [0.4, 0.5) is 8.78 Å². The molecule has 0 aromatic heterocycles. The molecule has 0 fully saturated rings. The van der Waals surface area contributed by atoms with Crippen molar-refractivity contribution >= 4 is 6.08 Å². The molecule has 0 N–H and O–H groups in total.